The number of anilines is 1. The van der Waals surface area contributed by atoms with Crippen molar-refractivity contribution in [1.29, 1.82) is 0 Å². The summed E-state index contributed by atoms with van der Waals surface area (Å²) >= 11 is 1.23. The Bertz CT molecular complexity index is 1630. The van der Waals surface area contributed by atoms with Crippen LogP contribution in [-0.4, -0.2) is 35.5 Å². The van der Waals surface area contributed by atoms with Gasteiger partial charge in [0, 0.05) is 17.1 Å². The van der Waals surface area contributed by atoms with E-state index < -0.39 is 17.7 Å². The zero-order chi connectivity index (χ0) is 30.5. The summed E-state index contributed by atoms with van der Waals surface area (Å²) in [6.07, 6.45) is 2.45. The van der Waals surface area contributed by atoms with Gasteiger partial charge in [-0.15, -0.1) is 11.3 Å². The number of ether oxygens (including phenoxy) is 3. The predicted molar refractivity (Wildman–Crippen MR) is 167 cm³/mol. The lowest BCUT2D eigenvalue weighted by Crippen LogP contribution is -2.29. The summed E-state index contributed by atoms with van der Waals surface area (Å²) in [5, 5.41) is 13.6. The highest BCUT2D eigenvalue weighted by Crippen LogP contribution is 2.44. The number of aliphatic hydroxyl groups excluding tert-OH is 1. The molecule has 1 fully saturated rings. The molecule has 0 spiro atoms. The number of hydrogen-bond donors (Lipinski definition) is 1. The van der Waals surface area contributed by atoms with Crippen molar-refractivity contribution in [2.75, 3.05) is 18.6 Å². The fourth-order valence-corrected chi connectivity index (χ4v) is 5.52. The van der Waals surface area contributed by atoms with E-state index in [2.05, 4.69) is 18.8 Å². The van der Waals surface area contributed by atoms with E-state index in [9.17, 15) is 14.7 Å². The molecule has 1 aromatic heterocycles. The van der Waals surface area contributed by atoms with Crippen LogP contribution in [0.4, 0.5) is 5.13 Å². The molecule has 1 N–H and O–H groups in total. The minimum Gasteiger partial charge on any atom is -0.507 e. The van der Waals surface area contributed by atoms with Gasteiger partial charge in [-0.2, -0.15) is 0 Å². The molecule has 43 heavy (non-hydrogen) atoms. The van der Waals surface area contributed by atoms with Gasteiger partial charge in [-0.1, -0.05) is 44.2 Å². The number of ketones is 1. The molecule has 1 atom stereocenters. The summed E-state index contributed by atoms with van der Waals surface area (Å²) in [6.45, 7) is 7.20. The molecule has 0 saturated carbocycles. The minimum absolute atomic E-state index is 0.0377. The number of nitrogens with zero attached hydrogens (tertiary/aromatic N) is 2. The minimum atomic E-state index is -0.929. The zero-order valence-corrected chi connectivity index (χ0v) is 25.4. The third-order valence-electron chi connectivity index (χ3n) is 7.31. The SMILES string of the molecule is COc1cc(C2/C(=C(\O)c3ccc(OCc4ccccc4C)cc3)C(=O)C(=O)N2c2nccs2)ccc1OCCC(C)C. The Labute approximate surface area is 255 Å². The van der Waals surface area contributed by atoms with E-state index in [0.717, 1.165) is 17.5 Å². The Kier molecular flexibility index (Phi) is 9.11. The predicted octanol–water partition coefficient (Wildman–Crippen LogP) is 7.09. The van der Waals surface area contributed by atoms with Crippen LogP contribution in [-0.2, 0) is 16.2 Å². The van der Waals surface area contributed by atoms with Crippen molar-refractivity contribution >= 4 is 33.9 Å². The van der Waals surface area contributed by atoms with Gasteiger partial charge in [0.05, 0.1) is 25.3 Å². The van der Waals surface area contributed by atoms with E-state index in [0.29, 0.717) is 52.6 Å². The van der Waals surface area contributed by atoms with Gasteiger partial charge in [0.15, 0.2) is 16.6 Å². The van der Waals surface area contributed by atoms with E-state index in [4.69, 9.17) is 14.2 Å². The van der Waals surface area contributed by atoms with E-state index in [1.54, 1.807) is 54.0 Å². The Morgan fingerprint density at radius 3 is 2.47 bits per heavy atom. The molecule has 8 nitrogen and oxygen atoms in total. The third kappa shape index (κ3) is 6.41. The van der Waals surface area contributed by atoms with Gasteiger partial charge in [0.2, 0.25) is 0 Å². The third-order valence-corrected chi connectivity index (χ3v) is 8.08. The van der Waals surface area contributed by atoms with Crippen LogP contribution < -0.4 is 19.1 Å². The largest absolute Gasteiger partial charge is 0.507 e. The maximum absolute atomic E-state index is 13.5. The van der Waals surface area contributed by atoms with Crippen LogP contribution in [0.5, 0.6) is 17.2 Å². The first kappa shape index (κ1) is 29.8. The fourth-order valence-electron chi connectivity index (χ4n) is 4.86. The lowest BCUT2D eigenvalue weighted by Gasteiger charge is -2.24. The molecule has 1 unspecified atom stereocenters. The summed E-state index contributed by atoms with van der Waals surface area (Å²) in [4.78, 5) is 32.5. The van der Waals surface area contributed by atoms with E-state index >= 15 is 0 Å². The Balaban J connectivity index is 1.49. The van der Waals surface area contributed by atoms with E-state index in [-0.39, 0.29) is 11.3 Å². The first-order valence-corrected chi connectivity index (χ1v) is 15.0. The van der Waals surface area contributed by atoms with E-state index in [1.807, 2.05) is 31.2 Å². The molecule has 5 rings (SSSR count). The van der Waals surface area contributed by atoms with Crippen LogP contribution in [0, 0.1) is 12.8 Å². The molecular formula is C34H34N2O6S. The maximum Gasteiger partial charge on any atom is 0.301 e. The average molecular weight is 599 g/mol. The van der Waals surface area contributed by atoms with Crippen molar-refractivity contribution in [3.05, 3.63) is 106 Å². The van der Waals surface area contributed by atoms with Crippen molar-refractivity contribution in [1.82, 2.24) is 4.98 Å². The number of carbonyl (C=O) groups is 2. The maximum atomic E-state index is 13.5. The molecule has 0 bridgehead atoms. The van der Waals surface area contributed by atoms with Crippen LogP contribution in [0.25, 0.3) is 5.76 Å². The highest BCUT2D eigenvalue weighted by atomic mass is 32.1. The fraction of sp³-hybridized carbons (Fsp3) is 0.265. The van der Waals surface area contributed by atoms with Crippen LogP contribution in [0.2, 0.25) is 0 Å². The van der Waals surface area contributed by atoms with Crippen molar-refractivity contribution in [3.8, 4) is 17.2 Å². The molecule has 222 valence electrons. The number of amides is 1. The van der Waals surface area contributed by atoms with Crippen LogP contribution in [0.15, 0.2) is 83.9 Å². The number of methoxy groups -OCH3 is 1. The lowest BCUT2D eigenvalue weighted by atomic mass is 9.95. The number of aliphatic hydroxyl groups is 1. The van der Waals surface area contributed by atoms with Crippen molar-refractivity contribution in [3.63, 3.8) is 0 Å². The average Bonchev–Trinajstić information content (AvgIpc) is 3.63. The summed E-state index contributed by atoms with van der Waals surface area (Å²) < 4.78 is 17.5. The number of benzene rings is 3. The van der Waals surface area contributed by atoms with E-state index in [1.165, 1.54) is 23.3 Å². The van der Waals surface area contributed by atoms with Gasteiger partial charge in [-0.3, -0.25) is 14.5 Å². The number of aromatic nitrogens is 1. The second-order valence-electron chi connectivity index (χ2n) is 10.7. The number of rotatable bonds is 11. The molecule has 1 aliphatic rings. The van der Waals surface area contributed by atoms with Gasteiger partial charge in [-0.05, 0) is 72.4 Å². The Morgan fingerprint density at radius 1 is 1.02 bits per heavy atom. The smallest absolute Gasteiger partial charge is 0.301 e. The number of aryl methyl sites for hydroxylation is 1. The number of hydrogen-bond acceptors (Lipinski definition) is 8. The Hall–Kier alpha value is -4.63. The number of Topliss-reactive ketones (excluding diaryl/α,β-unsaturated/α-hetero) is 1. The van der Waals surface area contributed by atoms with Crippen LogP contribution in [0.3, 0.4) is 0 Å². The first-order valence-electron chi connectivity index (χ1n) is 14.1. The highest BCUT2D eigenvalue weighted by Gasteiger charge is 2.48. The molecule has 0 radical (unpaired) electrons. The first-order chi connectivity index (χ1) is 20.8. The monoisotopic (exact) mass is 598 g/mol. The standard InChI is InChI=1S/C34H34N2O6S/c1-21(2)15-17-41-27-14-11-24(19-28(27)40-4)30-29(32(38)33(39)36(30)34-35-16-18-43-34)31(37)23-9-12-26(13-10-23)42-20-25-8-6-5-7-22(25)3/h5-14,16,18-19,21,30,37H,15,17,20H2,1-4H3/b31-29+. The van der Waals surface area contributed by atoms with Gasteiger partial charge in [0.1, 0.15) is 18.1 Å². The summed E-state index contributed by atoms with van der Waals surface area (Å²) in [5.74, 6) is 0.253. The van der Waals surface area contributed by atoms with Gasteiger partial charge in [-0.25, -0.2) is 4.98 Å². The molecule has 9 heteroatoms. The van der Waals surface area contributed by atoms with Gasteiger partial charge < -0.3 is 19.3 Å². The molecule has 4 aromatic rings. The molecule has 1 saturated heterocycles. The van der Waals surface area contributed by atoms with Crippen LogP contribution >= 0.6 is 11.3 Å². The topological polar surface area (TPSA) is 98.2 Å². The summed E-state index contributed by atoms with van der Waals surface area (Å²) in [6, 6.07) is 19.1. The molecule has 1 aliphatic heterocycles. The second kappa shape index (κ2) is 13.1. The van der Waals surface area contributed by atoms with Crippen molar-refractivity contribution in [2.45, 2.75) is 39.8 Å². The molecule has 0 aliphatic carbocycles. The lowest BCUT2D eigenvalue weighted by molar-refractivity contribution is -0.132. The van der Waals surface area contributed by atoms with Gasteiger partial charge >= 0.3 is 5.91 Å². The molecule has 2 heterocycles. The van der Waals surface area contributed by atoms with Gasteiger partial charge in [0.25, 0.3) is 5.78 Å². The highest BCUT2D eigenvalue weighted by molar-refractivity contribution is 7.14. The molecule has 1 amide bonds. The number of carbonyl (C=O) groups excluding carboxylic acids is 2. The summed E-state index contributed by atoms with van der Waals surface area (Å²) in [5.41, 5.74) is 3.12. The Morgan fingerprint density at radius 2 is 1.79 bits per heavy atom. The van der Waals surface area contributed by atoms with Crippen LogP contribution in [0.1, 0.15) is 48.6 Å². The molecular weight excluding hydrogens is 564 g/mol. The van der Waals surface area contributed by atoms with Crippen molar-refractivity contribution in [2.24, 2.45) is 5.92 Å². The van der Waals surface area contributed by atoms with Crippen molar-refractivity contribution < 1.29 is 28.9 Å². The number of thiazole rings is 1. The normalized spacial score (nSPS) is 16.1. The zero-order valence-electron chi connectivity index (χ0n) is 24.6. The quantitative estimate of drug-likeness (QED) is 0.112. The molecule has 3 aromatic carbocycles. The summed E-state index contributed by atoms with van der Waals surface area (Å²) in [7, 11) is 1.54. The second-order valence-corrected chi connectivity index (χ2v) is 11.5.